The van der Waals surface area contributed by atoms with Crippen LogP contribution in [0.25, 0.3) is 11.3 Å². The summed E-state index contributed by atoms with van der Waals surface area (Å²) in [6.07, 6.45) is 0. The van der Waals surface area contributed by atoms with Crippen molar-refractivity contribution < 1.29 is 0 Å². The zero-order valence-corrected chi connectivity index (χ0v) is 10.6. The second-order valence-corrected chi connectivity index (χ2v) is 5.15. The van der Waals surface area contributed by atoms with Crippen molar-refractivity contribution in [2.75, 3.05) is 5.32 Å². The molecule has 0 spiro atoms. The Morgan fingerprint density at radius 3 is 2.24 bits per heavy atom. The molecule has 0 fully saturated rings. The molecule has 2 nitrogen and oxygen atoms in total. The summed E-state index contributed by atoms with van der Waals surface area (Å²) < 4.78 is 0. The fraction of sp³-hybridized carbons (Fsp3) is 0.267. The van der Waals surface area contributed by atoms with E-state index in [1.54, 1.807) is 0 Å². The van der Waals surface area contributed by atoms with Gasteiger partial charge in [0.15, 0.2) is 0 Å². The molecule has 2 rings (SSSR count). The van der Waals surface area contributed by atoms with E-state index >= 15 is 0 Å². The Morgan fingerprint density at radius 2 is 1.59 bits per heavy atom. The summed E-state index contributed by atoms with van der Waals surface area (Å²) in [4.78, 5) is 4.62. The van der Waals surface area contributed by atoms with Gasteiger partial charge in [-0.1, -0.05) is 36.4 Å². The first-order chi connectivity index (χ1) is 8.04. The molecule has 0 radical (unpaired) electrons. The van der Waals surface area contributed by atoms with Crippen molar-refractivity contribution in [2.24, 2.45) is 0 Å². The second kappa shape index (κ2) is 4.58. The second-order valence-electron chi connectivity index (χ2n) is 5.15. The van der Waals surface area contributed by atoms with Crippen molar-refractivity contribution in [3.63, 3.8) is 0 Å². The summed E-state index contributed by atoms with van der Waals surface area (Å²) in [6.45, 7) is 6.39. The van der Waals surface area contributed by atoms with E-state index in [9.17, 15) is 0 Å². The molecule has 0 amide bonds. The van der Waals surface area contributed by atoms with Crippen molar-refractivity contribution in [1.82, 2.24) is 4.98 Å². The normalized spacial score (nSPS) is 11.2. The van der Waals surface area contributed by atoms with Crippen LogP contribution in [0.1, 0.15) is 20.8 Å². The van der Waals surface area contributed by atoms with Crippen LogP contribution in [0.15, 0.2) is 48.5 Å². The van der Waals surface area contributed by atoms with E-state index in [0.29, 0.717) is 0 Å². The SMILES string of the molecule is CC(C)(C)Nc1cccc(-c2ccccc2)n1. The Bertz CT molecular complexity index is 484. The standard InChI is InChI=1S/C15H18N2/c1-15(2,3)17-14-11-7-10-13(16-14)12-8-5-4-6-9-12/h4-11H,1-3H3,(H,16,17). The van der Waals surface area contributed by atoms with Crippen LogP contribution in [-0.4, -0.2) is 10.5 Å². The third-order valence-electron chi connectivity index (χ3n) is 2.32. The van der Waals surface area contributed by atoms with E-state index < -0.39 is 0 Å². The maximum absolute atomic E-state index is 4.62. The Balaban J connectivity index is 2.29. The van der Waals surface area contributed by atoms with E-state index in [4.69, 9.17) is 0 Å². The zero-order chi connectivity index (χ0) is 12.3. The molecule has 0 unspecified atom stereocenters. The average molecular weight is 226 g/mol. The fourth-order valence-corrected chi connectivity index (χ4v) is 1.66. The molecular formula is C15H18N2. The van der Waals surface area contributed by atoms with Gasteiger partial charge in [0.05, 0.1) is 5.69 Å². The number of aromatic nitrogens is 1. The van der Waals surface area contributed by atoms with Crippen LogP contribution >= 0.6 is 0 Å². The van der Waals surface area contributed by atoms with Crippen LogP contribution in [0.5, 0.6) is 0 Å². The first-order valence-electron chi connectivity index (χ1n) is 5.85. The fourth-order valence-electron chi connectivity index (χ4n) is 1.66. The Hall–Kier alpha value is -1.83. The molecule has 0 aliphatic heterocycles. The highest BCUT2D eigenvalue weighted by atomic mass is 15.0. The monoisotopic (exact) mass is 226 g/mol. The first kappa shape index (κ1) is 11.6. The summed E-state index contributed by atoms with van der Waals surface area (Å²) in [5.74, 6) is 0.916. The van der Waals surface area contributed by atoms with Crippen LogP contribution in [0.4, 0.5) is 5.82 Å². The van der Waals surface area contributed by atoms with Gasteiger partial charge in [-0.3, -0.25) is 0 Å². The van der Waals surface area contributed by atoms with Gasteiger partial charge in [-0.05, 0) is 32.9 Å². The highest BCUT2D eigenvalue weighted by molar-refractivity contribution is 5.61. The van der Waals surface area contributed by atoms with Gasteiger partial charge in [0.25, 0.3) is 0 Å². The summed E-state index contributed by atoms with van der Waals surface area (Å²) in [5, 5.41) is 3.38. The Labute approximate surface area is 103 Å². The van der Waals surface area contributed by atoms with Gasteiger partial charge in [0.2, 0.25) is 0 Å². The number of nitrogens with zero attached hydrogens (tertiary/aromatic N) is 1. The van der Waals surface area contributed by atoms with Crippen LogP contribution in [0.3, 0.4) is 0 Å². The van der Waals surface area contributed by atoms with Crippen molar-refractivity contribution in [2.45, 2.75) is 26.3 Å². The summed E-state index contributed by atoms with van der Waals surface area (Å²) in [5.41, 5.74) is 2.17. The maximum Gasteiger partial charge on any atom is 0.127 e. The number of hydrogen-bond acceptors (Lipinski definition) is 2. The maximum atomic E-state index is 4.62. The quantitative estimate of drug-likeness (QED) is 0.838. The van der Waals surface area contributed by atoms with Gasteiger partial charge >= 0.3 is 0 Å². The van der Waals surface area contributed by atoms with Crippen LogP contribution in [0.2, 0.25) is 0 Å². The van der Waals surface area contributed by atoms with E-state index in [-0.39, 0.29) is 5.54 Å². The largest absolute Gasteiger partial charge is 0.365 e. The summed E-state index contributed by atoms with van der Waals surface area (Å²) in [6, 6.07) is 16.3. The third kappa shape index (κ3) is 3.31. The molecule has 17 heavy (non-hydrogen) atoms. The molecule has 1 N–H and O–H groups in total. The number of nitrogens with one attached hydrogen (secondary N) is 1. The molecular weight excluding hydrogens is 208 g/mol. The Morgan fingerprint density at radius 1 is 0.882 bits per heavy atom. The molecule has 0 saturated carbocycles. The van der Waals surface area contributed by atoms with Gasteiger partial charge in [-0.2, -0.15) is 0 Å². The third-order valence-corrected chi connectivity index (χ3v) is 2.32. The van der Waals surface area contributed by atoms with Gasteiger partial charge in [0, 0.05) is 11.1 Å². The van der Waals surface area contributed by atoms with Crippen LogP contribution < -0.4 is 5.32 Å². The van der Waals surface area contributed by atoms with Gasteiger partial charge in [-0.25, -0.2) is 4.98 Å². The van der Waals surface area contributed by atoms with Crippen LogP contribution in [0, 0.1) is 0 Å². The number of anilines is 1. The number of rotatable bonds is 2. The zero-order valence-electron chi connectivity index (χ0n) is 10.6. The molecule has 2 aromatic rings. The first-order valence-corrected chi connectivity index (χ1v) is 5.85. The lowest BCUT2D eigenvalue weighted by Crippen LogP contribution is -2.26. The lowest BCUT2D eigenvalue weighted by atomic mass is 10.1. The van der Waals surface area contributed by atoms with Gasteiger partial charge < -0.3 is 5.32 Å². The predicted molar refractivity (Wildman–Crippen MR) is 73.0 cm³/mol. The predicted octanol–water partition coefficient (Wildman–Crippen LogP) is 3.96. The molecule has 1 heterocycles. The van der Waals surface area contributed by atoms with E-state index in [1.165, 1.54) is 0 Å². The van der Waals surface area contributed by atoms with Crippen molar-refractivity contribution in [3.05, 3.63) is 48.5 Å². The number of benzene rings is 1. The highest BCUT2D eigenvalue weighted by Crippen LogP contribution is 2.19. The minimum atomic E-state index is 0.0301. The topological polar surface area (TPSA) is 24.9 Å². The average Bonchev–Trinajstić information content (AvgIpc) is 2.28. The molecule has 0 atom stereocenters. The van der Waals surface area contributed by atoms with E-state index in [0.717, 1.165) is 17.1 Å². The highest BCUT2D eigenvalue weighted by Gasteiger charge is 2.10. The van der Waals surface area contributed by atoms with Crippen molar-refractivity contribution in [3.8, 4) is 11.3 Å². The van der Waals surface area contributed by atoms with Crippen molar-refractivity contribution in [1.29, 1.82) is 0 Å². The summed E-state index contributed by atoms with van der Waals surface area (Å²) >= 11 is 0. The molecule has 0 aliphatic carbocycles. The van der Waals surface area contributed by atoms with Gasteiger partial charge in [0.1, 0.15) is 5.82 Å². The number of hydrogen-bond donors (Lipinski definition) is 1. The molecule has 0 aliphatic rings. The molecule has 88 valence electrons. The van der Waals surface area contributed by atoms with Gasteiger partial charge in [-0.15, -0.1) is 0 Å². The lowest BCUT2D eigenvalue weighted by molar-refractivity contribution is 0.630. The molecule has 1 aromatic heterocycles. The minimum Gasteiger partial charge on any atom is -0.365 e. The molecule has 1 aromatic carbocycles. The van der Waals surface area contributed by atoms with E-state index in [2.05, 4.69) is 43.2 Å². The van der Waals surface area contributed by atoms with Crippen molar-refractivity contribution >= 4 is 5.82 Å². The lowest BCUT2D eigenvalue weighted by Gasteiger charge is -2.21. The summed E-state index contributed by atoms with van der Waals surface area (Å²) in [7, 11) is 0. The smallest absolute Gasteiger partial charge is 0.127 e. The molecule has 0 bridgehead atoms. The molecule has 0 saturated heterocycles. The number of pyridine rings is 1. The Kier molecular flexibility index (Phi) is 3.14. The minimum absolute atomic E-state index is 0.0301. The van der Waals surface area contributed by atoms with Crippen LogP contribution in [-0.2, 0) is 0 Å². The molecule has 2 heteroatoms. The van der Waals surface area contributed by atoms with E-state index in [1.807, 2.05) is 36.4 Å².